The van der Waals surface area contributed by atoms with E-state index in [0.717, 1.165) is 60.5 Å². The van der Waals surface area contributed by atoms with Crippen LogP contribution in [0, 0.1) is 6.92 Å². The lowest BCUT2D eigenvalue weighted by atomic mass is 10.3. The summed E-state index contributed by atoms with van der Waals surface area (Å²) in [6.45, 7) is 11.8. The lowest BCUT2D eigenvalue weighted by Crippen LogP contribution is -2.25. The molecule has 20 heavy (non-hydrogen) atoms. The molecule has 0 aliphatic rings. The van der Waals surface area contributed by atoms with Gasteiger partial charge in [0.1, 0.15) is 16.7 Å². The first kappa shape index (κ1) is 17.2. The molecule has 5 nitrogen and oxygen atoms in total. The molecule has 6 heteroatoms. The van der Waals surface area contributed by atoms with Gasteiger partial charge in [-0.15, -0.1) is 11.8 Å². The van der Waals surface area contributed by atoms with Crippen molar-refractivity contribution in [2.24, 2.45) is 5.84 Å². The lowest BCUT2D eigenvalue weighted by molar-refractivity contribution is 0.324. The van der Waals surface area contributed by atoms with Gasteiger partial charge in [-0.2, -0.15) is 0 Å². The lowest BCUT2D eigenvalue weighted by Gasteiger charge is -2.18. The minimum atomic E-state index is 0.744. The Hall–Kier alpha value is -0.850. The van der Waals surface area contributed by atoms with Crippen LogP contribution in [-0.4, -0.2) is 40.3 Å². The van der Waals surface area contributed by atoms with E-state index in [2.05, 4.69) is 41.1 Å². The summed E-state index contributed by atoms with van der Waals surface area (Å²) in [6, 6.07) is 0. The van der Waals surface area contributed by atoms with Gasteiger partial charge in [-0.1, -0.05) is 20.8 Å². The Balaban J connectivity index is 2.74. The van der Waals surface area contributed by atoms with Crippen LogP contribution in [0.3, 0.4) is 0 Å². The number of hydrogen-bond donors (Lipinski definition) is 2. The molecule has 0 unspecified atom stereocenters. The molecule has 0 atom stereocenters. The molecule has 0 bridgehead atoms. The summed E-state index contributed by atoms with van der Waals surface area (Å²) < 4.78 is 0. The highest BCUT2D eigenvalue weighted by atomic mass is 32.2. The third kappa shape index (κ3) is 4.92. The highest BCUT2D eigenvalue weighted by molar-refractivity contribution is 7.99. The van der Waals surface area contributed by atoms with E-state index in [0.29, 0.717) is 0 Å². The van der Waals surface area contributed by atoms with Crippen molar-refractivity contribution in [1.82, 2.24) is 14.9 Å². The van der Waals surface area contributed by atoms with E-state index >= 15 is 0 Å². The molecule has 1 rings (SSSR count). The molecule has 114 valence electrons. The zero-order valence-electron chi connectivity index (χ0n) is 13.1. The molecule has 3 N–H and O–H groups in total. The van der Waals surface area contributed by atoms with E-state index in [9.17, 15) is 0 Å². The number of nitrogens with zero attached hydrogens (tertiary/aromatic N) is 3. The summed E-state index contributed by atoms with van der Waals surface area (Å²) >= 11 is 1.79. The number of nitrogens with one attached hydrogen (secondary N) is 1. The van der Waals surface area contributed by atoms with E-state index in [1.165, 1.54) is 0 Å². The third-order valence-electron chi connectivity index (χ3n) is 3.30. The summed E-state index contributed by atoms with van der Waals surface area (Å²) in [4.78, 5) is 11.5. The fraction of sp³-hybridized carbons (Fsp3) is 0.714. The summed E-state index contributed by atoms with van der Waals surface area (Å²) in [7, 11) is 0. The monoisotopic (exact) mass is 297 g/mol. The molecule has 0 spiro atoms. The first-order valence-electron chi connectivity index (χ1n) is 7.35. The zero-order valence-corrected chi connectivity index (χ0v) is 13.9. The number of aryl methyl sites for hydroxylation is 1. The van der Waals surface area contributed by atoms with Crippen molar-refractivity contribution < 1.29 is 0 Å². The minimum Gasteiger partial charge on any atom is -0.308 e. The standard InChI is InChI=1S/C14H27N5S/c1-5-8-12-16-13(18-15)11(4)14(17-12)20-10-9-19(6-2)7-3/h5-10,15H2,1-4H3,(H,16,17,18). The van der Waals surface area contributed by atoms with Crippen molar-refractivity contribution in [2.45, 2.75) is 45.6 Å². The van der Waals surface area contributed by atoms with E-state index in [4.69, 9.17) is 5.84 Å². The average Bonchev–Trinajstić information content (AvgIpc) is 2.46. The number of thioether (sulfide) groups is 1. The second-order valence-electron chi connectivity index (χ2n) is 4.69. The van der Waals surface area contributed by atoms with Crippen LogP contribution in [0.25, 0.3) is 0 Å². The molecule has 0 radical (unpaired) electrons. The fourth-order valence-corrected chi connectivity index (χ4v) is 2.99. The Morgan fingerprint density at radius 2 is 1.90 bits per heavy atom. The number of anilines is 1. The second kappa shape index (κ2) is 9.15. The predicted octanol–water partition coefficient (Wildman–Crippen LogP) is 2.46. The Labute approximate surface area is 126 Å². The van der Waals surface area contributed by atoms with Crippen molar-refractivity contribution in [3.63, 3.8) is 0 Å². The molecule has 1 aromatic rings. The van der Waals surface area contributed by atoms with Crippen LogP contribution in [0.4, 0.5) is 5.82 Å². The van der Waals surface area contributed by atoms with Crippen LogP contribution in [0.5, 0.6) is 0 Å². The number of aromatic nitrogens is 2. The molecule has 0 saturated carbocycles. The third-order valence-corrected chi connectivity index (χ3v) is 4.36. The van der Waals surface area contributed by atoms with Gasteiger partial charge >= 0.3 is 0 Å². The maximum absolute atomic E-state index is 5.55. The van der Waals surface area contributed by atoms with Gasteiger partial charge in [-0.25, -0.2) is 15.8 Å². The van der Waals surface area contributed by atoms with Gasteiger partial charge in [-0.05, 0) is 26.4 Å². The van der Waals surface area contributed by atoms with Crippen LogP contribution in [-0.2, 0) is 6.42 Å². The smallest absolute Gasteiger partial charge is 0.147 e. The van der Waals surface area contributed by atoms with Gasteiger partial charge in [-0.3, -0.25) is 0 Å². The summed E-state index contributed by atoms with van der Waals surface area (Å²) in [6.07, 6.45) is 1.93. The van der Waals surface area contributed by atoms with E-state index in [1.54, 1.807) is 11.8 Å². The average molecular weight is 297 g/mol. The molecule has 0 fully saturated rings. The largest absolute Gasteiger partial charge is 0.308 e. The van der Waals surface area contributed by atoms with E-state index in [-0.39, 0.29) is 0 Å². The molecule has 1 heterocycles. The number of hydrogen-bond acceptors (Lipinski definition) is 6. The molecule has 0 aliphatic carbocycles. The van der Waals surface area contributed by atoms with Crippen LogP contribution >= 0.6 is 11.8 Å². The Kier molecular flexibility index (Phi) is 7.87. The highest BCUT2D eigenvalue weighted by Gasteiger charge is 2.11. The minimum absolute atomic E-state index is 0.744. The van der Waals surface area contributed by atoms with E-state index < -0.39 is 0 Å². The Morgan fingerprint density at radius 1 is 1.20 bits per heavy atom. The zero-order chi connectivity index (χ0) is 15.0. The van der Waals surface area contributed by atoms with Crippen LogP contribution in [0.1, 0.15) is 38.6 Å². The van der Waals surface area contributed by atoms with Crippen molar-refractivity contribution >= 4 is 17.6 Å². The molecule has 0 amide bonds. The van der Waals surface area contributed by atoms with E-state index in [1.807, 2.05) is 6.92 Å². The molecule has 0 aliphatic heterocycles. The highest BCUT2D eigenvalue weighted by Crippen LogP contribution is 2.25. The number of nitrogen functional groups attached to an aromatic ring is 1. The second-order valence-corrected chi connectivity index (χ2v) is 5.77. The van der Waals surface area contributed by atoms with Gasteiger partial charge < -0.3 is 10.3 Å². The quantitative estimate of drug-likeness (QED) is 0.316. The van der Waals surface area contributed by atoms with Crippen LogP contribution in [0.15, 0.2) is 5.03 Å². The summed E-state index contributed by atoms with van der Waals surface area (Å²) in [5.41, 5.74) is 3.72. The molecule has 1 aromatic heterocycles. The number of hydrazine groups is 1. The van der Waals surface area contributed by atoms with Crippen molar-refractivity contribution in [1.29, 1.82) is 0 Å². The maximum atomic E-state index is 5.55. The summed E-state index contributed by atoms with van der Waals surface area (Å²) in [5.74, 6) is 8.20. The van der Waals surface area contributed by atoms with Crippen molar-refractivity contribution in [3.8, 4) is 0 Å². The maximum Gasteiger partial charge on any atom is 0.147 e. The molecular weight excluding hydrogens is 270 g/mol. The van der Waals surface area contributed by atoms with Gasteiger partial charge in [0.05, 0.1) is 0 Å². The van der Waals surface area contributed by atoms with Gasteiger partial charge in [0.15, 0.2) is 0 Å². The SMILES string of the molecule is CCCc1nc(NN)c(C)c(SCCN(CC)CC)n1. The fourth-order valence-electron chi connectivity index (χ4n) is 1.97. The molecule has 0 aromatic carbocycles. The summed E-state index contributed by atoms with van der Waals surface area (Å²) in [5, 5.41) is 1.04. The van der Waals surface area contributed by atoms with Gasteiger partial charge in [0.25, 0.3) is 0 Å². The van der Waals surface area contributed by atoms with Crippen LogP contribution in [0.2, 0.25) is 0 Å². The number of nitrogens with two attached hydrogens (primary N) is 1. The first-order chi connectivity index (χ1) is 9.65. The van der Waals surface area contributed by atoms with Crippen LogP contribution < -0.4 is 11.3 Å². The molecular formula is C14H27N5S. The number of rotatable bonds is 9. The van der Waals surface area contributed by atoms with Crippen molar-refractivity contribution in [2.75, 3.05) is 30.8 Å². The Morgan fingerprint density at radius 3 is 2.45 bits per heavy atom. The first-order valence-corrected chi connectivity index (χ1v) is 8.34. The normalized spacial score (nSPS) is 11.1. The Bertz CT molecular complexity index is 407. The van der Waals surface area contributed by atoms with Crippen molar-refractivity contribution in [3.05, 3.63) is 11.4 Å². The molecule has 0 saturated heterocycles. The predicted molar refractivity (Wildman–Crippen MR) is 87.1 cm³/mol. The van der Waals surface area contributed by atoms with Gasteiger partial charge in [0, 0.05) is 24.3 Å². The van der Waals surface area contributed by atoms with Gasteiger partial charge in [0.2, 0.25) is 0 Å². The topological polar surface area (TPSA) is 67.1 Å².